The van der Waals surface area contributed by atoms with Gasteiger partial charge in [-0.3, -0.25) is 19.6 Å². The molecular formula is C22H30N6O2. The van der Waals surface area contributed by atoms with Gasteiger partial charge in [0.2, 0.25) is 11.8 Å². The van der Waals surface area contributed by atoms with Crippen molar-refractivity contribution in [2.75, 3.05) is 44.2 Å². The van der Waals surface area contributed by atoms with Gasteiger partial charge < -0.3 is 4.90 Å². The Labute approximate surface area is 176 Å². The number of anilines is 1. The average Bonchev–Trinajstić information content (AvgIpc) is 3.11. The fourth-order valence-electron chi connectivity index (χ4n) is 5.19. The van der Waals surface area contributed by atoms with Gasteiger partial charge in [0.05, 0.1) is 22.8 Å². The first-order valence-electron chi connectivity index (χ1n) is 11.2. The van der Waals surface area contributed by atoms with Crippen LogP contribution in [0.4, 0.5) is 5.69 Å². The van der Waals surface area contributed by atoms with Crippen LogP contribution in [0.5, 0.6) is 0 Å². The first-order valence-corrected chi connectivity index (χ1v) is 11.2. The van der Waals surface area contributed by atoms with E-state index in [1.807, 2.05) is 11.7 Å². The third-order valence-corrected chi connectivity index (χ3v) is 6.77. The van der Waals surface area contributed by atoms with Gasteiger partial charge in [0.25, 0.3) is 0 Å². The molecule has 3 aliphatic rings. The number of benzene rings is 1. The number of imide groups is 1. The number of carbonyl (C=O) groups is 2. The molecule has 3 saturated heterocycles. The van der Waals surface area contributed by atoms with Crippen molar-refractivity contribution in [1.82, 2.24) is 25.1 Å². The van der Waals surface area contributed by atoms with Crippen molar-refractivity contribution in [2.24, 2.45) is 7.05 Å². The van der Waals surface area contributed by atoms with Crippen LogP contribution in [-0.2, 0) is 16.6 Å². The molecule has 8 nitrogen and oxygen atoms in total. The molecule has 8 heteroatoms. The largest absolute Gasteiger partial charge is 0.367 e. The number of aryl methyl sites for hydroxylation is 1. The molecule has 1 aromatic carbocycles. The average molecular weight is 411 g/mol. The molecule has 3 aliphatic heterocycles. The minimum Gasteiger partial charge on any atom is -0.367 e. The Kier molecular flexibility index (Phi) is 5.20. The van der Waals surface area contributed by atoms with Crippen LogP contribution in [0.1, 0.15) is 43.7 Å². The molecular weight excluding hydrogens is 380 g/mol. The van der Waals surface area contributed by atoms with Crippen molar-refractivity contribution in [3.63, 3.8) is 0 Å². The van der Waals surface area contributed by atoms with Crippen molar-refractivity contribution >= 4 is 28.4 Å². The Bertz CT molecular complexity index is 956. The zero-order chi connectivity index (χ0) is 20.7. The van der Waals surface area contributed by atoms with Crippen LogP contribution in [-0.4, -0.2) is 70.9 Å². The summed E-state index contributed by atoms with van der Waals surface area (Å²) in [5, 5.41) is 13.3. The predicted molar refractivity (Wildman–Crippen MR) is 115 cm³/mol. The minimum atomic E-state index is -0.363. The second-order valence-corrected chi connectivity index (χ2v) is 8.64. The number of piperidine rings is 2. The summed E-state index contributed by atoms with van der Waals surface area (Å²) in [7, 11) is 1.95. The Morgan fingerprint density at radius 1 is 0.967 bits per heavy atom. The number of amides is 2. The summed E-state index contributed by atoms with van der Waals surface area (Å²) in [4.78, 5) is 26.4. The third kappa shape index (κ3) is 3.48. The normalized spacial score (nSPS) is 24.4. The molecule has 5 rings (SSSR count). The highest BCUT2D eigenvalue weighted by atomic mass is 16.2. The molecule has 2 aromatic rings. The maximum atomic E-state index is 12.4. The summed E-state index contributed by atoms with van der Waals surface area (Å²) >= 11 is 0. The zero-order valence-corrected chi connectivity index (χ0v) is 17.6. The summed E-state index contributed by atoms with van der Waals surface area (Å²) in [6.07, 6.45) is 4.85. The van der Waals surface area contributed by atoms with Gasteiger partial charge in [-0.15, -0.1) is 0 Å². The number of hydrogen-bond acceptors (Lipinski definition) is 6. The minimum absolute atomic E-state index is 0.191. The number of aromatic nitrogens is 2. The summed E-state index contributed by atoms with van der Waals surface area (Å²) in [5.41, 5.74) is 3.04. The van der Waals surface area contributed by atoms with Crippen LogP contribution in [0.2, 0.25) is 0 Å². The van der Waals surface area contributed by atoms with E-state index in [2.05, 4.69) is 38.4 Å². The first-order chi connectivity index (χ1) is 14.6. The van der Waals surface area contributed by atoms with E-state index in [4.69, 9.17) is 5.10 Å². The summed E-state index contributed by atoms with van der Waals surface area (Å²) in [6, 6.07) is 6.27. The second-order valence-electron chi connectivity index (χ2n) is 8.64. The molecule has 1 aromatic heterocycles. The molecule has 0 radical (unpaired) electrons. The Hall–Kier alpha value is -2.45. The number of fused-ring (bicyclic) bond motifs is 1. The monoisotopic (exact) mass is 410 g/mol. The summed E-state index contributed by atoms with van der Waals surface area (Å²) in [5.74, 6) is -0.784. The molecule has 2 amide bonds. The van der Waals surface area contributed by atoms with Crippen LogP contribution in [0.3, 0.4) is 0 Å². The lowest BCUT2D eigenvalue weighted by molar-refractivity contribution is -0.134. The maximum Gasteiger partial charge on any atom is 0.235 e. The topological polar surface area (TPSA) is 73.7 Å². The highest BCUT2D eigenvalue weighted by Crippen LogP contribution is 2.35. The van der Waals surface area contributed by atoms with Crippen molar-refractivity contribution in [1.29, 1.82) is 0 Å². The Morgan fingerprint density at radius 2 is 1.70 bits per heavy atom. The lowest BCUT2D eigenvalue weighted by Crippen LogP contribution is -2.55. The fraction of sp³-hybridized carbons (Fsp3) is 0.591. The van der Waals surface area contributed by atoms with Crippen LogP contribution in [0.15, 0.2) is 18.2 Å². The van der Waals surface area contributed by atoms with E-state index in [0.29, 0.717) is 12.8 Å². The molecule has 0 saturated carbocycles. The lowest BCUT2D eigenvalue weighted by Gasteiger charge is -2.43. The summed E-state index contributed by atoms with van der Waals surface area (Å²) < 4.78 is 1.90. The van der Waals surface area contributed by atoms with Gasteiger partial charge in [0.15, 0.2) is 0 Å². The molecule has 1 N–H and O–H groups in total. The van der Waals surface area contributed by atoms with Gasteiger partial charge in [0, 0.05) is 58.1 Å². The van der Waals surface area contributed by atoms with Gasteiger partial charge in [-0.25, -0.2) is 10.0 Å². The maximum absolute atomic E-state index is 12.4. The number of nitrogens with one attached hydrogen (secondary N) is 1. The standard InChI is InChI=1S/C22H30N6O2/c1-25-21-16(20(24-25)17-8-9-19(29)23-22(17)30)6-5-7-18(21)26-12-14-28(15-13-26)27-10-3-2-4-11-27/h5-7,17H,2-4,8-15H2,1H3,(H,23,29,30). The molecule has 1 unspecified atom stereocenters. The molecule has 160 valence electrons. The highest BCUT2D eigenvalue weighted by Gasteiger charge is 2.32. The predicted octanol–water partition coefficient (Wildman–Crippen LogP) is 1.62. The molecule has 0 aliphatic carbocycles. The number of piperazine rings is 1. The quantitative estimate of drug-likeness (QED) is 0.776. The van der Waals surface area contributed by atoms with E-state index in [0.717, 1.165) is 42.8 Å². The number of nitrogens with zero attached hydrogens (tertiary/aromatic N) is 5. The molecule has 1 atom stereocenters. The highest BCUT2D eigenvalue weighted by molar-refractivity contribution is 6.03. The van der Waals surface area contributed by atoms with Gasteiger partial charge in [-0.2, -0.15) is 5.10 Å². The third-order valence-electron chi connectivity index (χ3n) is 6.77. The molecule has 0 bridgehead atoms. The SMILES string of the molecule is Cn1nc(C2CCC(=O)NC2=O)c2cccc(N3CCN(N4CCCCC4)CC3)c21. The molecule has 30 heavy (non-hydrogen) atoms. The van der Waals surface area contributed by atoms with E-state index >= 15 is 0 Å². The van der Waals surface area contributed by atoms with Crippen molar-refractivity contribution in [3.05, 3.63) is 23.9 Å². The van der Waals surface area contributed by atoms with E-state index in [-0.39, 0.29) is 17.7 Å². The summed E-state index contributed by atoms with van der Waals surface area (Å²) in [6.45, 7) is 6.41. The van der Waals surface area contributed by atoms with Crippen LogP contribution < -0.4 is 10.2 Å². The van der Waals surface area contributed by atoms with Crippen molar-refractivity contribution < 1.29 is 9.59 Å². The van der Waals surface area contributed by atoms with Crippen molar-refractivity contribution in [2.45, 2.75) is 38.0 Å². The number of hydrogen-bond donors (Lipinski definition) is 1. The smallest absolute Gasteiger partial charge is 0.235 e. The Balaban J connectivity index is 1.39. The Morgan fingerprint density at radius 3 is 2.43 bits per heavy atom. The van der Waals surface area contributed by atoms with E-state index in [1.165, 1.54) is 38.0 Å². The second kappa shape index (κ2) is 8.00. The first kappa shape index (κ1) is 19.5. The van der Waals surface area contributed by atoms with Crippen LogP contribution >= 0.6 is 0 Å². The van der Waals surface area contributed by atoms with E-state index < -0.39 is 0 Å². The van der Waals surface area contributed by atoms with Crippen molar-refractivity contribution in [3.8, 4) is 0 Å². The lowest BCUT2D eigenvalue weighted by atomic mass is 9.92. The molecule has 4 heterocycles. The number of rotatable bonds is 3. The molecule has 0 spiro atoms. The van der Waals surface area contributed by atoms with Gasteiger partial charge >= 0.3 is 0 Å². The van der Waals surface area contributed by atoms with Gasteiger partial charge in [-0.1, -0.05) is 18.6 Å². The van der Waals surface area contributed by atoms with Gasteiger partial charge in [0.1, 0.15) is 0 Å². The number of para-hydroxylation sites is 1. The number of hydrazine groups is 1. The van der Waals surface area contributed by atoms with Gasteiger partial charge in [-0.05, 0) is 25.3 Å². The number of carbonyl (C=O) groups excluding carboxylic acids is 2. The van der Waals surface area contributed by atoms with Crippen LogP contribution in [0, 0.1) is 0 Å². The molecule has 3 fully saturated rings. The zero-order valence-electron chi connectivity index (χ0n) is 17.6. The van der Waals surface area contributed by atoms with Crippen LogP contribution in [0.25, 0.3) is 10.9 Å². The van der Waals surface area contributed by atoms with E-state index in [1.54, 1.807) is 0 Å². The van der Waals surface area contributed by atoms with E-state index in [9.17, 15) is 9.59 Å². The fourth-order valence-corrected chi connectivity index (χ4v) is 5.19.